The summed E-state index contributed by atoms with van der Waals surface area (Å²) in [4.78, 5) is 88.5. The fourth-order valence-electron chi connectivity index (χ4n) is 5.70. The maximum absolute atomic E-state index is 13.3. The summed E-state index contributed by atoms with van der Waals surface area (Å²) in [5, 5.41) is 42.7. The van der Waals surface area contributed by atoms with Gasteiger partial charge in [-0.3, -0.25) is 28.8 Å². The number of hydrogen-bond donors (Lipinski definition) is 9. The van der Waals surface area contributed by atoms with Crippen LogP contribution in [-0.4, -0.2) is 68.9 Å². The highest BCUT2D eigenvalue weighted by Crippen LogP contribution is 2.39. The summed E-state index contributed by atoms with van der Waals surface area (Å²) in [6.07, 6.45) is 0.621. The second-order valence-corrected chi connectivity index (χ2v) is 14.0. The molecule has 17 nitrogen and oxygen atoms in total. The highest BCUT2D eigenvalue weighted by molar-refractivity contribution is 6.10. The predicted octanol–water partition coefficient (Wildman–Crippen LogP) is 5.74. The number of rotatable bonds is 16. The molecule has 0 aliphatic carbocycles. The number of phenolic OH excluding ortho intramolecular Hbond substituents is 2. The number of primary amides is 1. The summed E-state index contributed by atoms with van der Waals surface area (Å²) >= 11 is 0. The predicted molar refractivity (Wildman–Crippen MR) is 230 cm³/mol. The second kappa shape index (κ2) is 20.0. The van der Waals surface area contributed by atoms with Crippen molar-refractivity contribution in [1.82, 2.24) is 5.32 Å². The lowest BCUT2D eigenvalue weighted by molar-refractivity contribution is -0.123. The van der Waals surface area contributed by atoms with Gasteiger partial charge in [0.2, 0.25) is 11.8 Å². The molecule has 1 atom stereocenters. The number of anilines is 4. The Morgan fingerprint density at radius 2 is 1.18 bits per heavy atom. The molecule has 0 heterocycles. The van der Waals surface area contributed by atoms with Gasteiger partial charge in [-0.05, 0) is 129 Å². The summed E-state index contributed by atoms with van der Waals surface area (Å²) in [5.41, 5.74) is 7.47. The number of carboxylic acids is 1. The normalized spacial score (nSPS) is 11.5. The van der Waals surface area contributed by atoms with Crippen LogP contribution >= 0.6 is 0 Å². The molecule has 10 N–H and O–H groups in total. The first-order valence-electron chi connectivity index (χ1n) is 18.8. The van der Waals surface area contributed by atoms with Gasteiger partial charge in [0, 0.05) is 33.8 Å². The molecule has 5 aromatic rings. The number of carbonyl (C=O) groups is 7. The van der Waals surface area contributed by atoms with Crippen molar-refractivity contribution in [3.63, 3.8) is 0 Å². The van der Waals surface area contributed by atoms with E-state index in [0.29, 0.717) is 16.8 Å². The summed E-state index contributed by atoms with van der Waals surface area (Å²) in [6, 6.07) is 24.4. The van der Waals surface area contributed by atoms with Crippen LogP contribution in [0.2, 0.25) is 0 Å². The number of phenols is 2. The summed E-state index contributed by atoms with van der Waals surface area (Å²) in [5.74, 6) is -5.87. The van der Waals surface area contributed by atoms with Gasteiger partial charge >= 0.3 is 5.97 Å². The van der Waals surface area contributed by atoms with E-state index in [0.717, 1.165) is 0 Å². The Morgan fingerprint density at radius 1 is 0.645 bits per heavy atom. The van der Waals surface area contributed by atoms with E-state index in [1.807, 2.05) is 0 Å². The van der Waals surface area contributed by atoms with Crippen LogP contribution in [0.4, 0.5) is 22.7 Å². The lowest BCUT2D eigenvalue weighted by Crippen LogP contribution is -2.46. The third-order valence-electron chi connectivity index (χ3n) is 8.85. The van der Waals surface area contributed by atoms with E-state index in [-0.39, 0.29) is 50.8 Å². The molecule has 5 aromatic carbocycles. The van der Waals surface area contributed by atoms with Crippen molar-refractivity contribution < 1.29 is 53.6 Å². The molecule has 318 valence electrons. The van der Waals surface area contributed by atoms with Gasteiger partial charge in [0.15, 0.2) is 11.5 Å². The average Bonchev–Trinajstić information content (AvgIpc) is 3.23. The number of carbonyl (C=O) groups excluding carboxylic acids is 6. The van der Waals surface area contributed by atoms with Crippen molar-refractivity contribution in [3.05, 3.63) is 143 Å². The molecule has 62 heavy (non-hydrogen) atoms. The zero-order valence-corrected chi connectivity index (χ0v) is 33.5. The molecule has 0 fully saturated rings. The fourth-order valence-corrected chi connectivity index (χ4v) is 5.70. The molecular weight excluding hydrogens is 801 g/mol. The molecule has 0 aliphatic rings. The minimum Gasteiger partial charge on any atom is -0.508 e. The molecule has 1 unspecified atom stereocenters. The van der Waals surface area contributed by atoms with E-state index in [9.17, 15) is 43.8 Å². The highest BCUT2D eigenvalue weighted by atomic mass is 16.5. The van der Waals surface area contributed by atoms with Gasteiger partial charge in [-0.15, -0.1) is 0 Å². The molecule has 0 saturated carbocycles. The van der Waals surface area contributed by atoms with E-state index in [1.165, 1.54) is 97.1 Å². The number of amides is 6. The van der Waals surface area contributed by atoms with Crippen molar-refractivity contribution >= 4 is 70.2 Å². The van der Waals surface area contributed by atoms with Crippen LogP contribution in [0.15, 0.2) is 115 Å². The molecule has 0 spiro atoms. The quantitative estimate of drug-likeness (QED) is 0.0540. The molecule has 0 aliphatic heterocycles. The van der Waals surface area contributed by atoms with Crippen LogP contribution in [0.1, 0.15) is 74.2 Å². The lowest BCUT2D eigenvalue weighted by atomic mass is 10.1. The zero-order valence-electron chi connectivity index (χ0n) is 33.5. The van der Waals surface area contributed by atoms with E-state index in [2.05, 4.69) is 26.6 Å². The third kappa shape index (κ3) is 12.0. The monoisotopic (exact) mass is 842 g/mol. The summed E-state index contributed by atoms with van der Waals surface area (Å²) < 4.78 is 5.77. The third-order valence-corrected chi connectivity index (χ3v) is 8.85. The highest BCUT2D eigenvalue weighted by Gasteiger charge is 2.25. The first-order chi connectivity index (χ1) is 29.5. The van der Waals surface area contributed by atoms with Crippen molar-refractivity contribution in [2.75, 3.05) is 21.3 Å². The van der Waals surface area contributed by atoms with Gasteiger partial charge in [-0.1, -0.05) is 12.1 Å². The van der Waals surface area contributed by atoms with Crippen LogP contribution in [0.5, 0.6) is 17.2 Å². The Balaban J connectivity index is 1.20. The topological polar surface area (TPSA) is 276 Å². The van der Waals surface area contributed by atoms with E-state index in [1.54, 1.807) is 39.0 Å². The first kappa shape index (κ1) is 44.6. The molecule has 0 aromatic heterocycles. The minimum atomic E-state index is -1.38. The number of carboxylic acid groups (broad SMARTS) is 1. The lowest BCUT2D eigenvalue weighted by Gasteiger charge is -2.19. The van der Waals surface area contributed by atoms with E-state index < -0.39 is 65.7 Å². The van der Waals surface area contributed by atoms with Crippen LogP contribution in [0.3, 0.4) is 0 Å². The maximum Gasteiger partial charge on any atom is 0.335 e. The number of nitrogens with two attached hydrogens (primary N) is 1. The average molecular weight is 843 g/mol. The molecular formula is C45H42N6O11. The van der Waals surface area contributed by atoms with Crippen molar-refractivity contribution in [3.8, 4) is 17.2 Å². The molecule has 0 radical (unpaired) electrons. The van der Waals surface area contributed by atoms with Gasteiger partial charge in [-0.2, -0.15) is 0 Å². The minimum absolute atomic E-state index is 0.0202. The number of aromatic hydroxyl groups is 2. The van der Waals surface area contributed by atoms with Crippen LogP contribution in [0, 0.1) is 0 Å². The Kier molecular flexibility index (Phi) is 14.4. The Hall–Kier alpha value is -8.47. The number of benzene rings is 5. The molecule has 5 rings (SSSR count). The molecule has 0 bridgehead atoms. The SMILES string of the molecule is C/C(=C\c1ccc(O)cc1)C(=O)Nc1ccc(C(=O)NC(CC(N)=O)C(=O)Nc2ccc(C(=O)Nc3ccc(C(=O)Nc4ccc(C(=O)O)cc4)c(O)c3OC(C)C)cc2)cc1. The smallest absolute Gasteiger partial charge is 0.335 e. The largest absolute Gasteiger partial charge is 0.508 e. The zero-order chi connectivity index (χ0) is 45.1. The van der Waals surface area contributed by atoms with Crippen molar-refractivity contribution in [1.29, 1.82) is 0 Å². The Bertz CT molecular complexity index is 2540. The number of ether oxygens (including phenoxy) is 1. The molecule has 6 amide bonds. The standard InChI is InChI=1S/C45H42N6O11/c1-24(2)62-39-35(21-20-34(38(39)54)43(58)48-31-16-10-29(11-17-31)45(60)61)50-41(56)27-8-14-32(15-9-27)49-44(59)36(23-37(46)53)51-42(57)28-6-12-30(13-7-28)47-40(55)25(3)22-26-4-18-33(52)19-5-26/h4-22,24,36,52,54H,23H2,1-3H3,(H2,46,53)(H,47,55)(H,48,58)(H,49,59)(H,50,56)(H,51,57)(H,60,61)/b25-22+. The van der Waals surface area contributed by atoms with E-state index in [4.69, 9.17) is 15.6 Å². The van der Waals surface area contributed by atoms with Crippen LogP contribution < -0.4 is 37.1 Å². The van der Waals surface area contributed by atoms with Gasteiger partial charge in [-0.25, -0.2) is 4.79 Å². The summed E-state index contributed by atoms with van der Waals surface area (Å²) in [7, 11) is 0. The number of nitrogens with one attached hydrogen (secondary N) is 5. The van der Waals surface area contributed by atoms with Crippen molar-refractivity contribution in [2.45, 2.75) is 39.3 Å². The fraction of sp³-hybridized carbons (Fsp3) is 0.133. The molecule has 0 saturated heterocycles. The van der Waals surface area contributed by atoms with Gasteiger partial charge in [0.25, 0.3) is 23.6 Å². The van der Waals surface area contributed by atoms with Crippen LogP contribution in [-0.2, 0) is 14.4 Å². The van der Waals surface area contributed by atoms with Gasteiger partial charge in [0.05, 0.1) is 29.3 Å². The first-order valence-corrected chi connectivity index (χ1v) is 18.8. The van der Waals surface area contributed by atoms with Gasteiger partial charge < -0.3 is 52.4 Å². The Labute approximate surface area is 354 Å². The molecule has 17 heteroatoms. The van der Waals surface area contributed by atoms with Crippen molar-refractivity contribution in [2.24, 2.45) is 5.73 Å². The van der Waals surface area contributed by atoms with Gasteiger partial charge in [0.1, 0.15) is 11.8 Å². The number of aromatic carboxylic acids is 1. The number of hydrogen-bond acceptors (Lipinski definition) is 10. The maximum atomic E-state index is 13.3. The summed E-state index contributed by atoms with van der Waals surface area (Å²) in [6.45, 7) is 4.98. The Morgan fingerprint density at radius 3 is 1.73 bits per heavy atom. The second-order valence-electron chi connectivity index (χ2n) is 14.0. The van der Waals surface area contributed by atoms with E-state index >= 15 is 0 Å². The van der Waals surface area contributed by atoms with Crippen LogP contribution in [0.25, 0.3) is 6.08 Å².